The predicted molar refractivity (Wildman–Crippen MR) is 88.3 cm³/mol. The normalized spacial score (nSPS) is 10.8. The van der Waals surface area contributed by atoms with E-state index in [-0.39, 0.29) is 0 Å². The minimum absolute atomic E-state index is 0.568. The summed E-state index contributed by atoms with van der Waals surface area (Å²) in [4.78, 5) is 0. The van der Waals surface area contributed by atoms with Gasteiger partial charge in [0.15, 0.2) is 0 Å². The lowest BCUT2D eigenvalue weighted by molar-refractivity contribution is 0.655. The van der Waals surface area contributed by atoms with Crippen LogP contribution in [0.5, 0.6) is 0 Å². The molecular weight excluding hydrogens is 272 g/mol. The molecule has 0 bridgehead atoms. The van der Waals surface area contributed by atoms with Gasteiger partial charge in [-0.3, -0.25) is 0 Å². The summed E-state index contributed by atoms with van der Waals surface area (Å²) in [5.41, 5.74) is 11.5. The Morgan fingerprint density at radius 1 is 0.909 bits per heavy atom. The number of nitrogens with zero attached hydrogens (tertiary/aromatic N) is 3. The first-order chi connectivity index (χ1) is 10.8. The van der Waals surface area contributed by atoms with Crippen LogP contribution in [-0.4, -0.2) is 15.0 Å². The molecule has 0 atom stereocenters. The summed E-state index contributed by atoms with van der Waals surface area (Å²) in [6.45, 7) is 3.43. The van der Waals surface area contributed by atoms with Gasteiger partial charge in [0.2, 0.25) is 0 Å². The zero-order chi connectivity index (χ0) is 15.4. The first-order valence-corrected chi connectivity index (χ1v) is 7.56. The molecule has 0 radical (unpaired) electrons. The zero-order valence-electron chi connectivity index (χ0n) is 12.7. The summed E-state index contributed by atoms with van der Waals surface area (Å²) in [5.74, 6) is 0. The Hall–Kier alpha value is -2.46. The lowest BCUT2D eigenvalue weighted by Crippen LogP contribution is -2.04. The minimum atomic E-state index is 0.568. The quantitative estimate of drug-likeness (QED) is 0.786. The number of nitrogens with two attached hydrogens (primary N) is 1. The summed E-state index contributed by atoms with van der Waals surface area (Å²) in [6.07, 6.45) is 2.86. The van der Waals surface area contributed by atoms with E-state index < -0.39 is 0 Å². The Balaban J connectivity index is 1.84. The summed E-state index contributed by atoms with van der Waals surface area (Å²) >= 11 is 0. The maximum atomic E-state index is 5.63. The van der Waals surface area contributed by atoms with Crippen molar-refractivity contribution in [3.05, 3.63) is 71.4 Å². The Bertz CT molecular complexity index is 727. The van der Waals surface area contributed by atoms with Crippen molar-refractivity contribution >= 4 is 0 Å². The Morgan fingerprint density at radius 3 is 2.18 bits per heavy atom. The van der Waals surface area contributed by atoms with Gasteiger partial charge in [0.1, 0.15) is 0 Å². The van der Waals surface area contributed by atoms with Crippen molar-refractivity contribution < 1.29 is 0 Å². The Labute approximate surface area is 130 Å². The molecule has 0 aliphatic rings. The van der Waals surface area contributed by atoms with Gasteiger partial charge >= 0.3 is 0 Å². The van der Waals surface area contributed by atoms with E-state index in [9.17, 15) is 0 Å². The summed E-state index contributed by atoms with van der Waals surface area (Å²) < 4.78 is 1.93. The first-order valence-electron chi connectivity index (χ1n) is 7.56. The van der Waals surface area contributed by atoms with Crippen LogP contribution in [0.2, 0.25) is 0 Å². The van der Waals surface area contributed by atoms with E-state index >= 15 is 0 Å². The molecular formula is C18H20N4. The minimum Gasteiger partial charge on any atom is -0.326 e. The summed E-state index contributed by atoms with van der Waals surface area (Å²) in [6, 6.07) is 16.9. The monoisotopic (exact) mass is 292 g/mol. The van der Waals surface area contributed by atoms with Crippen LogP contribution in [0.25, 0.3) is 11.3 Å². The van der Waals surface area contributed by atoms with Crippen molar-refractivity contribution in [2.24, 2.45) is 5.73 Å². The number of hydrogen-bond donors (Lipinski definition) is 1. The highest BCUT2D eigenvalue weighted by Crippen LogP contribution is 2.20. The lowest BCUT2D eigenvalue weighted by atomic mass is 10.1. The molecule has 1 aromatic heterocycles. The fraction of sp³-hybridized carbons (Fsp3) is 0.222. The van der Waals surface area contributed by atoms with Gasteiger partial charge in [0.25, 0.3) is 0 Å². The van der Waals surface area contributed by atoms with Crippen molar-refractivity contribution in [1.82, 2.24) is 15.0 Å². The highest BCUT2D eigenvalue weighted by Gasteiger charge is 2.07. The highest BCUT2D eigenvalue weighted by molar-refractivity contribution is 5.58. The van der Waals surface area contributed by atoms with Crippen LogP contribution >= 0.6 is 0 Å². The molecule has 3 aromatic rings. The van der Waals surface area contributed by atoms with Gasteiger partial charge in [-0.1, -0.05) is 60.7 Å². The highest BCUT2D eigenvalue weighted by atomic mass is 15.4. The molecule has 0 aliphatic heterocycles. The van der Waals surface area contributed by atoms with Gasteiger partial charge < -0.3 is 5.73 Å². The van der Waals surface area contributed by atoms with Crippen molar-refractivity contribution in [1.29, 1.82) is 0 Å². The number of benzene rings is 2. The van der Waals surface area contributed by atoms with Gasteiger partial charge in [-0.05, 0) is 23.1 Å². The van der Waals surface area contributed by atoms with E-state index in [0.29, 0.717) is 13.1 Å². The van der Waals surface area contributed by atoms with Gasteiger partial charge in [-0.15, -0.1) is 5.10 Å². The van der Waals surface area contributed by atoms with Crippen molar-refractivity contribution in [3.63, 3.8) is 0 Å². The molecule has 2 N–H and O–H groups in total. The Morgan fingerprint density at radius 2 is 1.55 bits per heavy atom. The molecule has 1 heterocycles. The topological polar surface area (TPSA) is 56.7 Å². The van der Waals surface area contributed by atoms with Gasteiger partial charge in [-0.2, -0.15) is 0 Å². The zero-order valence-corrected chi connectivity index (χ0v) is 12.7. The number of hydrogen-bond acceptors (Lipinski definition) is 3. The largest absolute Gasteiger partial charge is 0.326 e. The van der Waals surface area contributed by atoms with Crippen molar-refractivity contribution in [3.8, 4) is 11.3 Å². The second-order valence-corrected chi connectivity index (χ2v) is 5.35. The molecule has 112 valence electrons. The van der Waals surface area contributed by atoms with Gasteiger partial charge in [0.05, 0.1) is 18.4 Å². The van der Waals surface area contributed by atoms with Crippen LogP contribution in [0, 0.1) is 0 Å². The van der Waals surface area contributed by atoms with Crippen molar-refractivity contribution in [2.45, 2.75) is 26.4 Å². The first kappa shape index (κ1) is 14.5. The fourth-order valence-corrected chi connectivity index (χ4v) is 2.46. The van der Waals surface area contributed by atoms with E-state index in [1.54, 1.807) is 0 Å². The molecule has 0 spiro atoms. The third-order valence-corrected chi connectivity index (χ3v) is 3.87. The number of aryl methyl sites for hydroxylation is 1. The smallest absolute Gasteiger partial charge is 0.0889 e. The average Bonchev–Trinajstić information content (AvgIpc) is 3.04. The molecule has 0 saturated carbocycles. The standard InChI is InChI=1S/C18H20N4/c1-2-14-7-9-17(10-8-14)18-12-20-21-22(18)13-16-5-3-15(11-19)4-6-16/h3-10,12H,2,11,13,19H2,1H3. The maximum Gasteiger partial charge on any atom is 0.0889 e. The van der Waals surface area contributed by atoms with Crippen LogP contribution in [0.15, 0.2) is 54.7 Å². The van der Waals surface area contributed by atoms with E-state index in [1.165, 1.54) is 11.1 Å². The lowest BCUT2D eigenvalue weighted by Gasteiger charge is -2.08. The van der Waals surface area contributed by atoms with E-state index in [4.69, 9.17) is 5.73 Å². The van der Waals surface area contributed by atoms with Gasteiger partial charge in [-0.25, -0.2) is 4.68 Å². The van der Waals surface area contributed by atoms with Crippen molar-refractivity contribution in [2.75, 3.05) is 0 Å². The molecule has 4 heteroatoms. The van der Waals surface area contributed by atoms with E-state index in [2.05, 4.69) is 65.8 Å². The molecule has 3 rings (SSSR count). The Kier molecular flexibility index (Phi) is 4.30. The van der Waals surface area contributed by atoms with Crippen LogP contribution < -0.4 is 5.73 Å². The second-order valence-electron chi connectivity index (χ2n) is 5.35. The molecule has 22 heavy (non-hydrogen) atoms. The van der Waals surface area contributed by atoms with E-state index in [0.717, 1.165) is 23.2 Å². The van der Waals surface area contributed by atoms with E-state index in [1.807, 2.05) is 10.9 Å². The summed E-state index contributed by atoms with van der Waals surface area (Å²) in [7, 11) is 0. The predicted octanol–water partition coefficient (Wildman–Crippen LogP) is 3.01. The molecule has 0 amide bonds. The molecule has 4 nitrogen and oxygen atoms in total. The summed E-state index contributed by atoms with van der Waals surface area (Å²) in [5, 5.41) is 8.28. The van der Waals surface area contributed by atoms with Crippen LogP contribution in [0.4, 0.5) is 0 Å². The van der Waals surface area contributed by atoms with Crippen LogP contribution in [0.3, 0.4) is 0 Å². The maximum absolute atomic E-state index is 5.63. The van der Waals surface area contributed by atoms with Gasteiger partial charge in [0, 0.05) is 12.1 Å². The third kappa shape index (κ3) is 3.07. The molecule has 0 fully saturated rings. The molecule has 2 aromatic carbocycles. The average molecular weight is 292 g/mol. The molecule has 0 aliphatic carbocycles. The molecule has 0 unspecified atom stereocenters. The number of aromatic nitrogens is 3. The van der Waals surface area contributed by atoms with Crippen LogP contribution in [-0.2, 0) is 19.5 Å². The SMILES string of the molecule is CCc1ccc(-c2cnnn2Cc2ccc(CN)cc2)cc1. The molecule has 0 saturated heterocycles. The number of rotatable bonds is 5. The third-order valence-electron chi connectivity index (χ3n) is 3.87. The van der Waals surface area contributed by atoms with Crippen LogP contribution in [0.1, 0.15) is 23.6 Å². The fourth-order valence-electron chi connectivity index (χ4n) is 2.46. The second kappa shape index (κ2) is 6.54.